The molecule has 0 amide bonds. The van der Waals surface area contributed by atoms with Crippen LogP contribution in [0.2, 0.25) is 0 Å². The predicted octanol–water partition coefficient (Wildman–Crippen LogP) is 1.03. The van der Waals surface area contributed by atoms with Crippen LogP contribution in [0.3, 0.4) is 0 Å². The van der Waals surface area contributed by atoms with E-state index in [0.717, 1.165) is 32.5 Å². The zero-order chi connectivity index (χ0) is 14.3. The van der Waals surface area contributed by atoms with Crippen molar-refractivity contribution < 1.29 is 14.7 Å². The van der Waals surface area contributed by atoms with E-state index in [1.54, 1.807) is 7.11 Å². The van der Waals surface area contributed by atoms with E-state index in [-0.39, 0.29) is 17.5 Å². The molecule has 6 nitrogen and oxygen atoms in total. The Labute approximate surface area is 115 Å². The molecule has 0 aromatic rings. The van der Waals surface area contributed by atoms with Gasteiger partial charge in [-0.25, -0.2) is 0 Å². The third kappa shape index (κ3) is 6.22. The second kappa shape index (κ2) is 7.67. The zero-order valence-corrected chi connectivity index (χ0v) is 12.3. The molecule has 0 radical (unpaired) electrons. The maximum atomic E-state index is 8.57. The molecule has 0 spiro atoms. The molecule has 6 heteroatoms. The van der Waals surface area contributed by atoms with Crippen LogP contribution < -0.4 is 5.73 Å². The average molecular weight is 273 g/mol. The lowest BCUT2D eigenvalue weighted by Gasteiger charge is -2.26. The normalized spacial score (nSPS) is 23.2. The molecule has 112 valence electrons. The predicted molar refractivity (Wildman–Crippen MR) is 74.5 cm³/mol. The van der Waals surface area contributed by atoms with Crippen molar-refractivity contribution in [1.29, 1.82) is 0 Å². The van der Waals surface area contributed by atoms with E-state index in [2.05, 4.69) is 23.9 Å². The highest BCUT2D eigenvalue weighted by Crippen LogP contribution is 2.29. The van der Waals surface area contributed by atoms with Crippen LogP contribution in [0.15, 0.2) is 5.16 Å². The van der Waals surface area contributed by atoms with Gasteiger partial charge in [0.05, 0.1) is 18.3 Å². The van der Waals surface area contributed by atoms with Gasteiger partial charge in [0, 0.05) is 33.2 Å². The minimum atomic E-state index is -0.0107. The molecule has 1 fully saturated rings. The number of methoxy groups -OCH3 is 1. The lowest BCUT2D eigenvalue weighted by Crippen LogP contribution is -2.37. The molecule has 0 saturated carbocycles. The maximum absolute atomic E-state index is 8.57. The summed E-state index contributed by atoms with van der Waals surface area (Å²) in [7, 11) is 1.69. The van der Waals surface area contributed by atoms with Crippen molar-refractivity contribution in [3.8, 4) is 0 Å². The number of amidine groups is 1. The topological polar surface area (TPSA) is 80.3 Å². The lowest BCUT2D eigenvalue weighted by atomic mass is 10.1. The summed E-state index contributed by atoms with van der Waals surface area (Å²) in [5.74, 6) is 0.259. The third-order valence-corrected chi connectivity index (χ3v) is 3.44. The molecule has 1 unspecified atom stereocenters. The molecule has 1 rings (SSSR count). The van der Waals surface area contributed by atoms with Gasteiger partial charge in [-0.05, 0) is 26.7 Å². The van der Waals surface area contributed by atoms with Crippen molar-refractivity contribution in [2.75, 3.05) is 33.4 Å². The Hall–Kier alpha value is -0.850. The lowest BCUT2D eigenvalue weighted by molar-refractivity contribution is -0.0302. The fourth-order valence-electron chi connectivity index (χ4n) is 2.33. The second-order valence-electron chi connectivity index (χ2n) is 5.67. The Morgan fingerprint density at radius 1 is 1.53 bits per heavy atom. The first-order valence-electron chi connectivity index (χ1n) is 6.82. The molecule has 1 aliphatic rings. The highest BCUT2D eigenvalue weighted by atomic mass is 16.5. The molecule has 19 heavy (non-hydrogen) atoms. The van der Waals surface area contributed by atoms with Crippen LogP contribution >= 0.6 is 0 Å². The van der Waals surface area contributed by atoms with Crippen molar-refractivity contribution >= 4 is 5.84 Å². The summed E-state index contributed by atoms with van der Waals surface area (Å²) < 4.78 is 11.1. The van der Waals surface area contributed by atoms with E-state index in [9.17, 15) is 0 Å². The van der Waals surface area contributed by atoms with E-state index < -0.39 is 0 Å². The monoisotopic (exact) mass is 273 g/mol. The summed E-state index contributed by atoms with van der Waals surface area (Å²) in [5.41, 5.74) is 5.50. The van der Waals surface area contributed by atoms with Crippen molar-refractivity contribution in [3.05, 3.63) is 0 Å². The Bertz CT molecular complexity index is 295. The van der Waals surface area contributed by atoms with Crippen molar-refractivity contribution in [3.63, 3.8) is 0 Å². The first-order chi connectivity index (χ1) is 8.96. The molecular formula is C13H27N3O3. The van der Waals surface area contributed by atoms with Gasteiger partial charge in [0.2, 0.25) is 0 Å². The molecule has 0 aromatic carbocycles. The fraction of sp³-hybridized carbons (Fsp3) is 0.923. The van der Waals surface area contributed by atoms with Gasteiger partial charge in [0.1, 0.15) is 5.84 Å². The van der Waals surface area contributed by atoms with Crippen LogP contribution in [0.4, 0.5) is 0 Å². The molecule has 1 aliphatic heterocycles. The van der Waals surface area contributed by atoms with E-state index in [4.69, 9.17) is 20.4 Å². The summed E-state index contributed by atoms with van der Waals surface area (Å²) in [5, 5.41) is 11.6. The van der Waals surface area contributed by atoms with Crippen LogP contribution in [-0.4, -0.2) is 61.0 Å². The van der Waals surface area contributed by atoms with Gasteiger partial charge in [-0.3, -0.25) is 4.90 Å². The molecule has 3 N–H and O–H groups in total. The minimum Gasteiger partial charge on any atom is -0.409 e. The minimum absolute atomic E-state index is 0.0107. The molecule has 1 heterocycles. The van der Waals surface area contributed by atoms with Gasteiger partial charge in [-0.2, -0.15) is 0 Å². The van der Waals surface area contributed by atoms with Crippen molar-refractivity contribution in [1.82, 2.24) is 4.90 Å². The molecule has 1 saturated heterocycles. The van der Waals surface area contributed by atoms with Crippen LogP contribution in [0, 0.1) is 0 Å². The molecular weight excluding hydrogens is 246 g/mol. The molecule has 0 bridgehead atoms. The highest BCUT2D eigenvalue weighted by Gasteiger charge is 2.32. The SMILES string of the molecule is COCCN(CCC(N)=NO)CC1CCC(C)(C)O1. The zero-order valence-electron chi connectivity index (χ0n) is 12.3. The van der Waals surface area contributed by atoms with Gasteiger partial charge < -0.3 is 20.4 Å². The Morgan fingerprint density at radius 3 is 2.79 bits per heavy atom. The summed E-state index contributed by atoms with van der Waals surface area (Å²) in [6.45, 7) is 7.37. The van der Waals surface area contributed by atoms with Gasteiger partial charge in [0.15, 0.2) is 0 Å². The van der Waals surface area contributed by atoms with E-state index in [1.165, 1.54) is 0 Å². The van der Waals surface area contributed by atoms with E-state index in [1.807, 2.05) is 0 Å². The van der Waals surface area contributed by atoms with Crippen LogP contribution in [0.5, 0.6) is 0 Å². The highest BCUT2D eigenvalue weighted by molar-refractivity contribution is 5.79. The Balaban J connectivity index is 2.40. The standard InChI is InChI=1S/C13H27N3O3/c1-13(2)6-4-11(19-13)10-16(8-9-18-3)7-5-12(14)15-17/h11,17H,4-10H2,1-3H3,(H2,14,15). The number of rotatable bonds is 8. The van der Waals surface area contributed by atoms with Gasteiger partial charge in [-0.1, -0.05) is 5.16 Å². The van der Waals surface area contributed by atoms with Crippen molar-refractivity contribution in [2.24, 2.45) is 10.9 Å². The average Bonchev–Trinajstić information content (AvgIpc) is 2.71. The Morgan fingerprint density at radius 2 is 2.26 bits per heavy atom. The van der Waals surface area contributed by atoms with E-state index in [0.29, 0.717) is 13.0 Å². The number of hydrogen-bond acceptors (Lipinski definition) is 5. The first-order valence-corrected chi connectivity index (χ1v) is 6.82. The number of nitrogens with zero attached hydrogens (tertiary/aromatic N) is 2. The number of oxime groups is 1. The third-order valence-electron chi connectivity index (χ3n) is 3.44. The number of ether oxygens (including phenoxy) is 2. The smallest absolute Gasteiger partial charge is 0.140 e. The summed E-state index contributed by atoms with van der Waals surface area (Å²) >= 11 is 0. The van der Waals surface area contributed by atoms with Gasteiger partial charge in [0.25, 0.3) is 0 Å². The number of hydrogen-bond donors (Lipinski definition) is 2. The summed E-state index contributed by atoms with van der Waals surface area (Å²) in [6.07, 6.45) is 2.99. The fourth-order valence-corrected chi connectivity index (χ4v) is 2.33. The molecule has 1 atom stereocenters. The largest absolute Gasteiger partial charge is 0.409 e. The second-order valence-corrected chi connectivity index (χ2v) is 5.67. The van der Waals surface area contributed by atoms with Crippen LogP contribution in [-0.2, 0) is 9.47 Å². The van der Waals surface area contributed by atoms with E-state index >= 15 is 0 Å². The summed E-state index contributed by atoms with van der Waals surface area (Å²) in [6, 6.07) is 0. The molecule has 0 aliphatic carbocycles. The van der Waals surface area contributed by atoms with Gasteiger partial charge >= 0.3 is 0 Å². The van der Waals surface area contributed by atoms with Crippen LogP contribution in [0.25, 0.3) is 0 Å². The van der Waals surface area contributed by atoms with Crippen LogP contribution in [0.1, 0.15) is 33.1 Å². The van der Waals surface area contributed by atoms with Gasteiger partial charge in [-0.15, -0.1) is 0 Å². The maximum Gasteiger partial charge on any atom is 0.140 e. The van der Waals surface area contributed by atoms with Crippen molar-refractivity contribution in [2.45, 2.75) is 44.8 Å². The summed E-state index contributed by atoms with van der Waals surface area (Å²) in [4.78, 5) is 2.24. The molecule has 0 aromatic heterocycles. The number of nitrogens with two attached hydrogens (primary N) is 1. The first kappa shape index (κ1) is 16.2. The quantitative estimate of drug-likeness (QED) is 0.299. The Kier molecular flexibility index (Phi) is 6.54.